The van der Waals surface area contributed by atoms with E-state index in [-0.39, 0.29) is 71.2 Å². The Labute approximate surface area is 515 Å². The van der Waals surface area contributed by atoms with Crippen molar-refractivity contribution in [3.63, 3.8) is 0 Å². The largest absolute Gasteiger partial charge is 0.507 e. The summed E-state index contributed by atoms with van der Waals surface area (Å²) in [5.74, 6) is -9.61. The maximum atomic E-state index is 14.0. The predicted molar refractivity (Wildman–Crippen MR) is 310 cm³/mol. The summed E-state index contributed by atoms with van der Waals surface area (Å²) in [6.45, 7) is 9.85. The summed E-state index contributed by atoms with van der Waals surface area (Å²) in [4.78, 5) is 140. The van der Waals surface area contributed by atoms with Crippen LogP contribution in [0, 0.1) is 17.8 Å². The van der Waals surface area contributed by atoms with Crippen LogP contribution in [0.15, 0.2) is 18.2 Å². The zero-order valence-corrected chi connectivity index (χ0v) is 51.5. The third-order valence-corrected chi connectivity index (χ3v) is 17.0. The predicted octanol–water partition coefficient (Wildman–Crippen LogP) is 3.47. The number of rotatable bonds is 19. The van der Waals surface area contributed by atoms with E-state index in [2.05, 4.69) is 28.6 Å². The molecule has 88 heavy (non-hydrogen) atoms. The first-order valence-corrected chi connectivity index (χ1v) is 30.0. The number of phenolic OH excluding ortho intramolecular Hbond substituents is 2. The van der Waals surface area contributed by atoms with Gasteiger partial charge in [0.1, 0.15) is 52.7 Å². The number of carboxylic acids is 2. The van der Waals surface area contributed by atoms with Crippen molar-refractivity contribution in [3.8, 4) is 17.2 Å². The van der Waals surface area contributed by atoms with Gasteiger partial charge in [0.05, 0.1) is 59.3 Å². The van der Waals surface area contributed by atoms with E-state index in [9.17, 15) is 83.4 Å². The molecule has 10 N–H and O–H groups in total. The molecule has 1 aliphatic heterocycles. The first kappa shape index (κ1) is 69.8. The number of fused-ring (bicyclic) bond motifs is 3. The van der Waals surface area contributed by atoms with Crippen molar-refractivity contribution >= 4 is 89.7 Å². The molecule has 2 saturated carbocycles. The minimum atomic E-state index is -2.37. The van der Waals surface area contributed by atoms with Gasteiger partial charge in [-0.1, -0.05) is 19.1 Å². The lowest BCUT2D eigenvalue weighted by atomic mass is 9.71. The molecule has 28 nitrogen and oxygen atoms in total. The van der Waals surface area contributed by atoms with Crippen molar-refractivity contribution in [1.29, 1.82) is 0 Å². The van der Waals surface area contributed by atoms with Gasteiger partial charge in [-0.15, -0.1) is 11.8 Å². The van der Waals surface area contributed by atoms with E-state index < -0.39 is 185 Å². The van der Waals surface area contributed by atoms with Crippen LogP contribution in [-0.2, 0) is 58.9 Å². The van der Waals surface area contributed by atoms with Gasteiger partial charge < -0.3 is 80.1 Å². The van der Waals surface area contributed by atoms with Crippen LogP contribution in [-0.4, -0.2) is 197 Å². The van der Waals surface area contributed by atoms with Crippen molar-refractivity contribution in [1.82, 2.24) is 20.9 Å². The number of carbonyl (C=O) groups is 11. The number of hydrogen-bond acceptors (Lipinski definition) is 24. The molecule has 0 radical (unpaired) electrons. The summed E-state index contributed by atoms with van der Waals surface area (Å²) in [7, 11) is 1.29. The number of thiol groups is 1. The Morgan fingerprint density at radius 3 is 1.99 bits per heavy atom. The number of aliphatic hydroxyl groups excluding tert-OH is 2. The summed E-state index contributed by atoms with van der Waals surface area (Å²) in [5.41, 5.74) is -5.67. The zero-order chi connectivity index (χ0) is 65.5. The van der Waals surface area contributed by atoms with E-state index in [1.54, 1.807) is 48.5 Å². The van der Waals surface area contributed by atoms with Gasteiger partial charge in [0, 0.05) is 54.0 Å². The normalized spacial score (nSPS) is 24.8. The number of alkyl carbamates (subject to hydrolysis) is 3. The molecule has 30 heteroatoms. The Balaban J connectivity index is 0.000000783. The maximum Gasteiger partial charge on any atom is 0.410 e. The number of ether oxygens (including phenoxy) is 6. The Morgan fingerprint density at radius 1 is 0.818 bits per heavy atom. The number of thioether (sulfide) groups is 1. The number of ketones is 3. The molecular weight excluding hydrogens is 1200 g/mol. The molecule has 484 valence electrons. The number of amides is 5. The number of carbonyl (C=O) groups excluding carboxylic acids is 9. The number of nitrogens with one attached hydrogen (secondary N) is 3. The number of aliphatic carboxylic acids is 2. The Bertz CT molecular complexity index is 3050. The number of likely N-dealkylation sites (tertiary alicyclic amines) is 1. The van der Waals surface area contributed by atoms with E-state index >= 15 is 0 Å². The molecule has 5 aliphatic rings. The Hall–Kier alpha value is -7.25. The van der Waals surface area contributed by atoms with Gasteiger partial charge in [0.25, 0.3) is 0 Å². The number of methoxy groups -OCH3 is 1. The number of phenols is 2. The number of esters is 1. The maximum absolute atomic E-state index is 14.0. The highest BCUT2D eigenvalue weighted by Gasteiger charge is 2.51. The molecular formula is C58H76N4O24S2. The lowest BCUT2D eigenvalue weighted by Gasteiger charge is -2.43. The van der Waals surface area contributed by atoms with Crippen molar-refractivity contribution < 1.29 is 117 Å². The molecule has 2 aromatic carbocycles. The minimum Gasteiger partial charge on any atom is -0.507 e. The van der Waals surface area contributed by atoms with Gasteiger partial charge in [-0.25, -0.2) is 24.0 Å². The van der Waals surface area contributed by atoms with Crippen LogP contribution in [0.2, 0.25) is 0 Å². The monoisotopic (exact) mass is 1280 g/mol. The molecule has 0 aromatic heterocycles. The molecule has 4 aliphatic carbocycles. The summed E-state index contributed by atoms with van der Waals surface area (Å²) in [6, 6.07) is 0.839. The van der Waals surface area contributed by atoms with Crippen LogP contribution in [0.3, 0.4) is 0 Å². The van der Waals surface area contributed by atoms with Crippen LogP contribution < -0.4 is 20.7 Å². The van der Waals surface area contributed by atoms with Gasteiger partial charge in [-0.3, -0.25) is 33.7 Å². The van der Waals surface area contributed by atoms with Crippen molar-refractivity contribution in [2.24, 2.45) is 17.8 Å². The summed E-state index contributed by atoms with van der Waals surface area (Å²) in [5, 5.41) is 80.5. The van der Waals surface area contributed by atoms with Gasteiger partial charge in [0.2, 0.25) is 24.4 Å². The molecule has 7 rings (SSSR count). The number of imide groups is 1. The molecule has 9 atom stereocenters. The van der Waals surface area contributed by atoms with Gasteiger partial charge in [0.15, 0.2) is 11.6 Å². The van der Waals surface area contributed by atoms with E-state index in [0.717, 1.165) is 16.7 Å². The fraction of sp³-hybridized carbons (Fsp3) is 0.603. The number of aliphatic hydroxyl groups is 3. The van der Waals surface area contributed by atoms with E-state index in [4.69, 9.17) is 33.5 Å². The van der Waals surface area contributed by atoms with E-state index in [1.165, 1.54) is 25.3 Å². The highest BCUT2D eigenvalue weighted by atomic mass is 32.2. The quantitative estimate of drug-likeness (QED) is 0.0204. The van der Waals surface area contributed by atoms with Crippen molar-refractivity contribution in [2.75, 3.05) is 38.6 Å². The summed E-state index contributed by atoms with van der Waals surface area (Å²) < 4.78 is 32.2. The van der Waals surface area contributed by atoms with Gasteiger partial charge >= 0.3 is 36.2 Å². The molecule has 0 bridgehead atoms. The smallest absolute Gasteiger partial charge is 0.410 e. The third kappa shape index (κ3) is 16.9. The SMILES string of the molecule is CC(C)(C)OC(=O)N[C@@H](CS)C(=O)O.COc1cccc2c1C(=O)c1c(O)c3c(c(O)c1C2=O)C[C@@](O)(C(=O)CO)C[C@@H]3O[C@@H]1C[C@@H](C)[C@@H](O)[C@@H](NC(=O)OCOC(=O)C2CCC(CN3C(=O)CC(SC[C@H](NC(=O)OC(C)(C)C)C(=O)O)C3=O)CC2)C1. The van der Waals surface area contributed by atoms with E-state index in [0.29, 0.717) is 25.7 Å². The van der Waals surface area contributed by atoms with Crippen LogP contribution in [0.1, 0.15) is 149 Å². The highest BCUT2D eigenvalue weighted by Crippen LogP contribution is 2.53. The van der Waals surface area contributed by atoms with Crippen molar-refractivity contribution in [2.45, 2.75) is 165 Å². The lowest BCUT2D eigenvalue weighted by Crippen LogP contribution is -2.53. The molecule has 2 aromatic rings. The molecule has 3 fully saturated rings. The number of hydrogen-bond donors (Lipinski definition) is 11. The molecule has 1 heterocycles. The molecule has 0 spiro atoms. The second-order valence-electron chi connectivity index (χ2n) is 24.2. The average molecular weight is 1280 g/mol. The average Bonchev–Trinajstić information content (AvgIpc) is 0.819. The highest BCUT2D eigenvalue weighted by molar-refractivity contribution is 8.00. The lowest BCUT2D eigenvalue weighted by molar-refractivity contribution is -0.159. The first-order chi connectivity index (χ1) is 41.1. The second kappa shape index (κ2) is 28.9. The van der Waals surface area contributed by atoms with E-state index in [1.807, 2.05) is 0 Å². The number of carboxylic acid groups (broad SMARTS) is 2. The van der Waals surface area contributed by atoms with Crippen LogP contribution >= 0.6 is 24.4 Å². The summed E-state index contributed by atoms with van der Waals surface area (Å²) in [6.07, 6.45) is -5.93. The Kier molecular flexibility index (Phi) is 23.0. The molecule has 5 amide bonds. The number of aromatic hydroxyl groups is 2. The molecule has 1 saturated heterocycles. The number of Topliss-reactive ketones (excluding diaryl/α,β-unsaturated/α-hetero) is 1. The topological polar surface area (TPSA) is 424 Å². The first-order valence-electron chi connectivity index (χ1n) is 28.3. The third-order valence-electron chi connectivity index (χ3n) is 15.4. The minimum absolute atomic E-state index is 0.0224. The fourth-order valence-corrected chi connectivity index (χ4v) is 12.5. The van der Waals surface area contributed by atoms with Crippen LogP contribution in [0.4, 0.5) is 14.4 Å². The van der Waals surface area contributed by atoms with Gasteiger partial charge in [-0.2, -0.15) is 12.6 Å². The zero-order valence-electron chi connectivity index (χ0n) is 49.8. The summed E-state index contributed by atoms with van der Waals surface area (Å²) >= 11 is 4.74. The number of benzene rings is 2. The molecule has 1 unspecified atom stereocenters. The number of nitrogens with zero attached hydrogens (tertiary/aromatic N) is 1. The van der Waals surface area contributed by atoms with Crippen LogP contribution in [0.5, 0.6) is 17.2 Å². The van der Waals surface area contributed by atoms with Crippen molar-refractivity contribution in [3.05, 3.63) is 51.6 Å². The Morgan fingerprint density at radius 2 is 1.42 bits per heavy atom. The standard InChI is InChI=1S/C50H61N3O20S.C8H15NO4S/c1-22-13-25(72-31-17-50(68,33(55)19-54)16-27-36(31)43(61)38-37(41(27)59)40(58)26-7-6-8-30(69-5)35(26)42(38)60)14-28(39(22)57)51-47(66)71-21-70-46(65)24-11-9-23(10-12-24)18-53-34(56)15-32(44(53)62)74-20-29(45(63)64)52-48(67)73-49(2,3)4;1-8(2,3)13-7(12)9-5(4-14)6(10)11/h6-8,22-25,28-29,31-32,39,54,57,59,61,68H,9-21H2,1-5H3,(H,51,66)(H,52,67)(H,63,64);5,14H,4H2,1-3H3,(H,9,12)(H,10,11)/t22-,23?,24?,25-,28+,29+,31+,32?,39-,50+;5-/m10/s1. The van der Waals surface area contributed by atoms with Gasteiger partial charge in [-0.05, 0) is 98.0 Å². The fourth-order valence-electron chi connectivity index (χ4n) is 11.1. The second-order valence-corrected chi connectivity index (χ2v) is 25.8. The van der Waals surface area contributed by atoms with Crippen LogP contribution in [0.25, 0.3) is 0 Å².